The average molecular weight is 399 g/mol. The summed E-state index contributed by atoms with van der Waals surface area (Å²) in [5.41, 5.74) is 0.951. The van der Waals surface area contributed by atoms with Crippen molar-refractivity contribution in [2.24, 2.45) is 0 Å². The van der Waals surface area contributed by atoms with Gasteiger partial charge in [-0.15, -0.1) is 0 Å². The number of carbonyl (C=O) groups excluding carboxylic acids is 2. The number of benzene rings is 2. The number of hydrogen-bond acceptors (Lipinski definition) is 6. The molecule has 0 radical (unpaired) electrons. The Morgan fingerprint density at radius 1 is 1.14 bits per heavy atom. The van der Waals surface area contributed by atoms with Crippen molar-refractivity contribution in [3.05, 3.63) is 59.0 Å². The monoisotopic (exact) mass is 399 g/mol. The van der Waals surface area contributed by atoms with Crippen LogP contribution < -0.4 is 14.4 Å². The summed E-state index contributed by atoms with van der Waals surface area (Å²) in [5.74, 6) is -0.630. The van der Waals surface area contributed by atoms with Gasteiger partial charge in [-0.1, -0.05) is 18.2 Å². The number of methoxy groups -OCH3 is 1. The SMILES string of the molecule is COc1ccc(N2C(=O)S/C(=C/c3ccccc3OC(C)C(=O)O)C2=O)cc1. The molecule has 1 fully saturated rings. The minimum absolute atomic E-state index is 0.222. The van der Waals surface area contributed by atoms with Gasteiger partial charge in [0, 0.05) is 5.56 Å². The number of aliphatic carboxylic acids is 1. The number of carboxylic acid groups (broad SMARTS) is 1. The van der Waals surface area contributed by atoms with E-state index in [-0.39, 0.29) is 4.91 Å². The number of imide groups is 1. The Morgan fingerprint density at radius 2 is 1.82 bits per heavy atom. The molecule has 28 heavy (non-hydrogen) atoms. The lowest BCUT2D eigenvalue weighted by Gasteiger charge is -2.13. The first kappa shape index (κ1) is 19.5. The fourth-order valence-electron chi connectivity index (χ4n) is 2.51. The van der Waals surface area contributed by atoms with Gasteiger partial charge in [0.15, 0.2) is 6.10 Å². The minimum atomic E-state index is -1.10. The highest BCUT2D eigenvalue weighted by atomic mass is 32.2. The van der Waals surface area contributed by atoms with Gasteiger partial charge >= 0.3 is 5.97 Å². The Balaban J connectivity index is 1.89. The molecule has 2 aromatic rings. The molecule has 2 aromatic carbocycles. The maximum absolute atomic E-state index is 12.8. The van der Waals surface area contributed by atoms with E-state index in [9.17, 15) is 14.4 Å². The molecule has 3 rings (SSSR count). The molecule has 1 aliphatic rings. The number of thioether (sulfide) groups is 1. The quantitative estimate of drug-likeness (QED) is 0.739. The number of anilines is 1. The predicted molar refractivity (Wildman–Crippen MR) is 106 cm³/mol. The third kappa shape index (κ3) is 4.01. The van der Waals surface area contributed by atoms with E-state index in [4.69, 9.17) is 14.6 Å². The van der Waals surface area contributed by atoms with Crippen LogP contribution in [0.4, 0.5) is 10.5 Å². The maximum atomic E-state index is 12.8. The number of carboxylic acids is 1. The predicted octanol–water partition coefficient (Wildman–Crippen LogP) is 3.79. The van der Waals surface area contributed by atoms with Gasteiger partial charge in [0.1, 0.15) is 11.5 Å². The second-order valence-electron chi connectivity index (χ2n) is 5.85. The molecule has 1 N–H and O–H groups in total. The number of hydrogen-bond donors (Lipinski definition) is 1. The number of amides is 2. The number of carbonyl (C=O) groups is 3. The Kier molecular flexibility index (Phi) is 5.70. The van der Waals surface area contributed by atoms with Crippen LogP contribution in [0.25, 0.3) is 6.08 Å². The highest BCUT2D eigenvalue weighted by molar-refractivity contribution is 8.19. The Hall–Kier alpha value is -3.26. The number of rotatable bonds is 6. The summed E-state index contributed by atoms with van der Waals surface area (Å²) in [4.78, 5) is 37.5. The molecule has 0 bridgehead atoms. The summed E-state index contributed by atoms with van der Waals surface area (Å²) in [6.07, 6.45) is 0.474. The van der Waals surface area contributed by atoms with Crippen molar-refractivity contribution >= 4 is 40.6 Å². The van der Waals surface area contributed by atoms with Crippen LogP contribution >= 0.6 is 11.8 Å². The van der Waals surface area contributed by atoms with Gasteiger partial charge < -0.3 is 14.6 Å². The molecule has 1 unspecified atom stereocenters. The molecule has 1 saturated heterocycles. The van der Waals surface area contributed by atoms with Gasteiger partial charge in [0.2, 0.25) is 0 Å². The van der Waals surface area contributed by atoms with Crippen LogP contribution in [0.5, 0.6) is 11.5 Å². The van der Waals surface area contributed by atoms with Gasteiger partial charge in [-0.05, 0) is 55.1 Å². The van der Waals surface area contributed by atoms with E-state index < -0.39 is 23.2 Å². The molecule has 0 aliphatic carbocycles. The van der Waals surface area contributed by atoms with Crippen LogP contribution in [0, 0.1) is 0 Å². The lowest BCUT2D eigenvalue weighted by Crippen LogP contribution is -2.27. The van der Waals surface area contributed by atoms with Gasteiger partial charge in [0.25, 0.3) is 11.1 Å². The Morgan fingerprint density at radius 3 is 2.46 bits per heavy atom. The molecule has 1 atom stereocenters. The summed E-state index contributed by atoms with van der Waals surface area (Å²) in [6, 6.07) is 13.3. The summed E-state index contributed by atoms with van der Waals surface area (Å²) in [5, 5.41) is 8.62. The first-order valence-electron chi connectivity index (χ1n) is 8.31. The normalized spacial score (nSPS) is 16.4. The lowest BCUT2D eigenvalue weighted by atomic mass is 10.1. The summed E-state index contributed by atoms with van der Waals surface area (Å²) >= 11 is 0.811. The van der Waals surface area contributed by atoms with Gasteiger partial charge in [0.05, 0.1) is 17.7 Å². The number of para-hydroxylation sites is 1. The molecular weight excluding hydrogens is 382 g/mol. The second-order valence-corrected chi connectivity index (χ2v) is 6.84. The second kappa shape index (κ2) is 8.18. The fraction of sp³-hybridized carbons (Fsp3) is 0.150. The van der Waals surface area contributed by atoms with Crippen molar-refractivity contribution in [2.75, 3.05) is 12.0 Å². The molecule has 1 aliphatic heterocycles. The molecule has 2 amide bonds. The van der Waals surface area contributed by atoms with Crippen LogP contribution in [0.2, 0.25) is 0 Å². The van der Waals surface area contributed by atoms with Crippen LogP contribution in [0.15, 0.2) is 53.4 Å². The van der Waals surface area contributed by atoms with Gasteiger partial charge in [-0.2, -0.15) is 0 Å². The number of nitrogens with zero attached hydrogens (tertiary/aromatic N) is 1. The Labute approximate surface area is 165 Å². The first-order valence-corrected chi connectivity index (χ1v) is 9.13. The molecule has 0 aromatic heterocycles. The highest BCUT2D eigenvalue weighted by Gasteiger charge is 2.36. The number of ether oxygens (including phenoxy) is 2. The summed E-state index contributed by atoms with van der Waals surface area (Å²) in [7, 11) is 1.53. The summed E-state index contributed by atoms with van der Waals surface area (Å²) in [6.45, 7) is 1.41. The van der Waals surface area contributed by atoms with Crippen molar-refractivity contribution in [3.8, 4) is 11.5 Å². The van der Waals surface area contributed by atoms with Crippen LogP contribution in [0.3, 0.4) is 0 Å². The van der Waals surface area contributed by atoms with Crippen LogP contribution in [0.1, 0.15) is 12.5 Å². The van der Waals surface area contributed by atoms with E-state index in [2.05, 4.69) is 0 Å². The topological polar surface area (TPSA) is 93.1 Å². The molecule has 144 valence electrons. The largest absolute Gasteiger partial charge is 0.497 e. The van der Waals surface area contributed by atoms with Crippen LogP contribution in [-0.2, 0) is 9.59 Å². The van der Waals surface area contributed by atoms with E-state index in [0.717, 1.165) is 16.7 Å². The van der Waals surface area contributed by atoms with E-state index in [1.54, 1.807) is 48.5 Å². The maximum Gasteiger partial charge on any atom is 0.344 e. The zero-order valence-electron chi connectivity index (χ0n) is 15.1. The van der Waals surface area contributed by atoms with Crippen molar-refractivity contribution in [3.63, 3.8) is 0 Å². The van der Waals surface area contributed by atoms with Gasteiger partial charge in [-0.3, -0.25) is 9.59 Å². The van der Waals surface area contributed by atoms with Crippen molar-refractivity contribution < 1.29 is 29.0 Å². The highest BCUT2D eigenvalue weighted by Crippen LogP contribution is 2.37. The van der Waals surface area contributed by atoms with E-state index in [0.29, 0.717) is 22.7 Å². The van der Waals surface area contributed by atoms with E-state index >= 15 is 0 Å². The lowest BCUT2D eigenvalue weighted by molar-refractivity contribution is -0.144. The Bertz CT molecular complexity index is 953. The van der Waals surface area contributed by atoms with Crippen molar-refractivity contribution in [1.29, 1.82) is 0 Å². The van der Waals surface area contributed by atoms with E-state index in [1.165, 1.54) is 20.1 Å². The van der Waals surface area contributed by atoms with Gasteiger partial charge in [-0.25, -0.2) is 9.69 Å². The zero-order valence-corrected chi connectivity index (χ0v) is 15.9. The third-order valence-electron chi connectivity index (χ3n) is 3.98. The minimum Gasteiger partial charge on any atom is -0.497 e. The fourth-order valence-corrected chi connectivity index (χ4v) is 3.34. The molecule has 1 heterocycles. The molecular formula is C20H17NO6S. The molecule has 0 saturated carbocycles. The average Bonchev–Trinajstić information content (AvgIpc) is 2.96. The first-order chi connectivity index (χ1) is 13.4. The van der Waals surface area contributed by atoms with Crippen molar-refractivity contribution in [1.82, 2.24) is 0 Å². The smallest absolute Gasteiger partial charge is 0.344 e. The third-order valence-corrected chi connectivity index (χ3v) is 4.85. The molecule has 8 heteroatoms. The molecule has 7 nitrogen and oxygen atoms in total. The standard InChI is InChI=1S/C20H17NO6S/c1-12(19(23)24)27-16-6-4-3-5-13(16)11-17-18(22)21(20(25)28-17)14-7-9-15(26-2)10-8-14/h3-12H,1-2H3,(H,23,24)/b17-11+. The zero-order chi connectivity index (χ0) is 20.3. The molecule has 0 spiro atoms. The van der Waals surface area contributed by atoms with Crippen LogP contribution in [-0.4, -0.2) is 35.4 Å². The van der Waals surface area contributed by atoms with Crippen molar-refractivity contribution in [2.45, 2.75) is 13.0 Å². The summed E-state index contributed by atoms with van der Waals surface area (Å²) < 4.78 is 10.5. The van der Waals surface area contributed by atoms with E-state index in [1.807, 2.05) is 0 Å².